The van der Waals surface area contributed by atoms with Gasteiger partial charge < -0.3 is 28.4 Å². The van der Waals surface area contributed by atoms with Crippen LogP contribution in [-0.4, -0.2) is 50.3 Å². The molecule has 3 aromatic rings. The molecule has 0 aromatic heterocycles. The van der Waals surface area contributed by atoms with Crippen LogP contribution in [0.2, 0.25) is 0 Å². The summed E-state index contributed by atoms with van der Waals surface area (Å²) in [7, 11) is 0. The van der Waals surface area contributed by atoms with E-state index in [2.05, 4.69) is 13.2 Å². The molecule has 51 heavy (non-hydrogen) atoms. The van der Waals surface area contributed by atoms with Gasteiger partial charge in [0.1, 0.15) is 23.0 Å². The number of aryl methyl sites for hydroxylation is 3. The minimum atomic E-state index is -0.509. The standard InChI is InChI=1S/C41H48O10/c1-6-38(42)48-24-14-10-8-12-22-46-32-16-19-35(29(3)26-32)40(44)50-34-18-21-37(31(5)28-34)51-41(45)36-20-17-33(27-30(36)4)47-23-13-9-11-15-25-49-39(43)7-2/h6-7,16-21,26-28H,1-2,8-15,22-25H2,3-5H3. The maximum atomic E-state index is 13.0. The van der Waals surface area contributed by atoms with Crippen molar-refractivity contribution in [1.29, 1.82) is 0 Å². The molecular formula is C41H48O10. The first kappa shape index (κ1) is 40.1. The first-order valence-electron chi connectivity index (χ1n) is 17.2. The Morgan fingerprint density at radius 2 is 0.922 bits per heavy atom. The van der Waals surface area contributed by atoms with Gasteiger partial charge in [0.25, 0.3) is 0 Å². The molecule has 0 atom stereocenters. The molecule has 0 saturated heterocycles. The van der Waals surface area contributed by atoms with E-state index in [1.807, 2.05) is 13.8 Å². The summed E-state index contributed by atoms with van der Waals surface area (Å²) < 4.78 is 32.9. The van der Waals surface area contributed by atoms with E-state index >= 15 is 0 Å². The zero-order valence-electron chi connectivity index (χ0n) is 29.8. The highest BCUT2D eigenvalue weighted by Gasteiger charge is 2.17. The Bertz CT molecular complexity index is 1660. The van der Waals surface area contributed by atoms with Gasteiger partial charge in [0, 0.05) is 12.2 Å². The second-order valence-electron chi connectivity index (χ2n) is 11.9. The van der Waals surface area contributed by atoms with Gasteiger partial charge in [-0.1, -0.05) is 13.2 Å². The van der Waals surface area contributed by atoms with E-state index in [1.54, 1.807) is 61.5 Å². The van der Waals surface area contributed by atoms with Gasteiger partial charge in [0.2, 0.25) is 0 Å². The molecule has 272 valence electrons. The number of ether oxygens (including phenoxy) is 6. The average Bonchev–Trinajstić information content (AvgIpc) is 3.11. The summed E-state index contributed by atoms with van der Waals surface area (Å²) >= 11 is 0. The lowest BCUT2D eigenvalue weighted by Crippen LogP contribution is -2.12. The fourth-order valence-electron chi connectivity index (χ4n) is 4.99. The van der Waals surface area contributed by atoms with Crippen molar-refractivity contribution in [2.24, 2.45) is 0 Å². The Hall–Kier alpha value is -5.38. The molecule has 0 heterocycles. The Morgan fingerprint density at radius 1 is 0.510 bits per heavy atom. The first-order chi connectivity index (χ1) is 24.6. The summed E-state index contributed by atoms with van der Waals surface area (Å²) in [5.74, 6) is 0.180. The molecule has 0 aliphatic heterocycles. The van der Waals surface area contributed by atoms with Gasteiger partial charge in [-0.05, 0) is 143 Å². The fraction of sp³-hybridized carbons (Fsp3) is 0.366. The maximum Gasteiger partial charge on any atom is 0.343 e. The largest absolute Gasteiger partial charge is 0.494 e. The molecule has 0 saturated carbocycles. The normalized spacial score (nSPS) is 10.5. The summed E-state index contributed by atoms with van der Waals surface area (Å²) in [5.41, 5.74) is 2.89. The lowest BCUT2D eigenvalue weighted by Gasteiger charge is -2.13. The van der Waals surface area contributed by atoms with Crippen LogP contribution in [0.1, 0.15) is 88.8 Å². The molecule has 0 amide bonds. The topological polar surface area (TPSA) is 124 Å². The van der Waals surface area contributed by atoms with E-state index in [1.165, 1.54) is 0 Å². The second-order valence-corrected chi connectivity index (χ2v) is 11.9. The molecule has 0 unspecified atom stereocenters. The first-order valence-corrected chi connectivity index (χ1v) is 17.2. The highest BCUT2D eigenvalue weighted by atomic mass is 16.5. The molecule has 0 aliphatic rings. The van der Waals surface area contributed by atoms with Crippen LogP contribution in [0.15, 0.2) is 79.9 Å². The third kappa shape index (κ3) is 14.2. The lowest BCUT2D eigenvalue weighted by atomic mass is 10.1. The smallest absolute Gasteiger partial charge is 0.343 e. The average molecular weight is 701 g/mol. The monoisotopic (exact) mass is 700 g/mol. The minimum absolute atomic E-state index is 0.324. The minimum Gasteiger partial charge on any atom is -0.494 e. The number of hydrogen-bond acceptors (Lipinski definition) is 10. The van der Waals surface area contributed by atoms with Crippen LogP contribution in [0.3, 0.4) is 0 Å². The van der Waals surface area contributed by atoms with Crippen molar-refractivity contribution in [2.45, 2.75) is 72.1 Å². The SMILES string of the molecule is C=CC(=O)OCCCCCCOc1ccc(C(=O)Oc2ccc(OC(=O)c3ccc(OCCCCCCOC(=O)C=C)cc3C)c(C)c2)c(C)c1. The Labute approximate surface area is 300 Å². The molecule has 0 spiro atoms. The summed E-state index contributed by atoms with van der Waals surface area (Å²) in [5, 5.41) is 0. The summed E-state index contributed by atoms with van der Waals surface area (Å²) in [6.07, 6.45) is 9.33. The van der Waals surface area contributed by atoms with Crippen molar-refractivity contribution < 1.29 is 47.6 Å². The molecule has 0 N–H and O–H groups in total. The highest BCUT2D eigenvalue weighted by molar-refractivity contribution is 5.94. The molecule has 3 aromatic carbocycles. The van der Waals surface area contributed by atoms with Crippen LogP contribution < -0.4 is 18.9 Å². The Balaban J connectivity index is 1.42. The van der Waals surface area contributed by atoms with Gasteiger partial charge in [-0.15, -0.1) is 0 Å². The molecule has 0 fully saturated rings. The molecule has 10 nitrogen and oxygen atoms in total. The van der Waals surface area contributed by atoms with Crippen LogP contribution in [0.4, 0.5) is 0 Å². The lowest BCUT2D eigenvalue weighted by molar-refractivity contribution is -0.138. The van der Waals surface area contributed by atoms with E-state index < -0.39 is 23.9 Å². The predicted molar refractivity (Wildman–Crippen MR) is 194 cm³/mol. The maximum absolute atomic E-state index is 13.0. The van der Waals surface area contributed by atoms with E-state index in [4.69, 9.17) is 28.4 Å². The zero-order valence-corrected chi connectivity index (χ0v) is 29.8. The van der Waals surface area contributed by atoms with Gasteiger partial charge in [-0.25, -0.2) is 19.2 Å². The summed E-state index contributed by atoms with van der Waals surface area (Å²) in [4.78, 5) is 48.1. The molecule has 0 bridgehead atoms. The number of esters is 4. The van der Waals surface area contributed by atoms with Gasteiger partial charge >= 0.3 is 23.9 Å². The van der Waals surface area contributed by atoms with Gasteiger partial charge in [0.15, 0.2) is 0 Å². The van der Waals surface area contributed by atoms with Crippen LogP contribution >= 0.6 is 0 Å². The fourth-order valence-corrected chi connectivity index (χ4v) is 4.99. The second kappa shape index (κ2) is 21.7. The Kier molecular flexibility index (Phi) is 17.0. The summed E-state index contributed by atoms with van der Waals surface area (Å²) in [6, 6.07) is 15.3. The van der Waals surface area contributed by atoms with E-state index in [0.717, 1.165) is 74.6 Å². The van der Waals surface area contributed by atoms with E-state index in [9.17, 15) is 19.2 Å². The van der Waals surface area contributed by atoms with Crippen LogP contribution in [-0.2, 0) is 19.1 Å². The Morgan fingerprint density at radius 3 is 1.35 bits per heavy atom. The van der Waals surface area contributed by atoms with Gasteiger partial charge in [0.05, 0.1) is 37.6 Å². The third-order valence-electron chi connectivity index (χ3n) is 7.83. The molecule has 3 rings (SSSR count). The number of rotatable bonds is 22. The van der Waals surface area contributed by atoms with Crippen molar-refractivity contribution in [3.63, 3.8) is 0 Å². The quantitative estimate of drug-likeness (QED) is 0.0437. The number of benzene rings is 3. The van der Waals surface area contributed by atoms with Crippen molar-refractivity contribution in [3.05, 3.63) is 108 Å². The number of carbonyl (C=O) groups excluding carboxylic acids is 4. The number of unbranched alkanes of at least 4 members (excludes halogenated alkanes) is 6. The highest BCUT2D eigenvalue weighted by Crippen LogP contribution is 2.27. The van der Waals surface area contributed by atoms with Crippen LogP contribution in [0, 0.1) is 20.8 Å². The third-order valence-corrected chi connectivity index (χ3v) is 7.83. The van der Waals surface area contributed by atoms with Crippen molar-refractivity contribution in [1.82, 2.24) is 0 Å². The van der Waals surface area contributed by atoms with E-state index in [-0.39, 0.29) is 0 Å². The molecule has 10 heteroatoms. The van der Waals surface area contributed by atoms with Crippen molar-refractivity contribution >= 4 is 23.9 Å². The molecular weight excluding hydrogens is 652 g/mol. The predicted octanol–water partition coefficient (Wildman–Crippen LogP) is 8.39. The van der Waals surface area contributed by atoms with E-state index in [0.29, 0.717) is 66.1 Å². The van der Waals surface area contributed by atoms with Gasteiger partial charge in [-0.3, -0.25) is 0 Å². The molecule has 0 radical (unpaired) electrons. The molecule has 0 aliphatic carbocycles. The zero-order chi connectivity index (χ0) is 37.0. The number of hydrogen-bond donors (Lipinski definition) is 0. The van der Waals surface area contributed by atoms with Crippen molar-refractivity contribution in [3.8, 4) is 23.0 Å². The number of carbonyl (C=O) groups is 4. The van der Waals surface area contributed by atoms with Crippen molar-refractivity contribution in [2.75, 3.05) is 26.4 Å². The van der Waals surface area contributed by atoms with Crippen LogP contribution in [0.25, 0.3) is 0 Å². The van der Waals surface area contributed by atoms with Crippen LogP contribution in [0.5, 0.6) is 23.0 Å². The summed E-state index contributed by atoms with van der Waals surface area (Å²) in [6.45, 7) is 14.0. The van der Waals surface area contributed by atoms with Gasteiger partial charge in [-0.2, -0.15) is 0 Å².